The summed E-state index contributed by atoms with van der Waals surface area (Å²) in [6, 6.07) is 0. The molecule has 0 spiro atoms. The molecule has 0 bridgehead atoms. The van der Waals surface area contributed by atoms with Crippen LogP contribution in [0.25, 0.3) is 0 Å². The van der Waals surface area contributed by atoms with Gasteiger partial charge in [0.05, 0.1) is 7.11 Å². The lowest BCUT2D eigenvalue weighted by Gasteiger charge is -1.98. The zero-order valence-electron chi connectivity index (χ0n) is 7.71. The lowest BCUT2D eigenvalue weighted by molar-refractivity contribution is -0.140. The average molecular weight is 169 g/mol. The molecule has 0 aliphatic rings. The quantitative estimate of drug-likeness (QED) is 0.432. The first kappa shape index (κ1) is 11.2. The molecule has 0 aliphatic heterocycles. The summed E-state index contributed by atoms with van der Waals surface area (Å²) >= 11 is 0. The maximum absolute atomic E-state index is 10.7. The standard InChI is InChI=1S/C10H17O2/c1-3-4-5-6-7-8-9-10(11)12-2/h1,3H,4-9H2,2H3. The van der Waals surface area contributed by atoms with E-state index in [0.29, 0.717) is 6.42 Å². The number of unbranched alkanes of at least 4 members (excludes halogenated alkanes) is 4. The Balaban J connectivity index is 3.00. The zero-order chi connectivity index (χ0) is 9.23. The molecule has 0 saturated heterocycles. The highest BCUT2D eigenvalue weighted by Gasteiger charge is 1.98. The zero-order valence-corrected chi connectivity index (χ0v) is 7.71. The number of carbonyl (C=O) groups is 1. The van der Waals surface area contributed by atoms with E-state index < -0.39 is 0 Å². The van der Waals surface area contributed by atoms with Gasteiger partial charge in [-0.25, -0.2) is 0 Å². The lowest BCUT2D eigenvalue weighted by atomic mass is 10.1. The van der Waals surface area contributed by atoms with Gasteiger partial charge in [-0.1, -0.05) is 25.5 Å². The monoisotopic (exact) mass is 169 g/mol. The number of hydrogen-bond acceptors (Lipinski definition) is 2. The maximum Gasteiger partial charge on any atom is 0.305 e. The molecular formula is C10H17O2. The van der Waals surface area contributed by atoms with E-state index in [1.54, 1.807) is 6.08 Å². The molecule has 69 valence electrons. The number of allylic oxidation sites excluding steroid dienone is 1. The molecule has 12 heavy (non-hydrogen) atoms. The van der Waals surface area contributed by atoms with E-state index in [1.165, 1.54) is 7.11 Å². The number of hydrogen-bond donors (Lipinski definition) is 0. The van der Waals surface area contributed by atoms with Crippen molar-refractivity contribution in [2.45, 2.75) is 38.5 Å². The first-order chi connectivity index (χ1) is 5.81. The number of carbonyl (C=O) groups excluding carboxylic acids is 1. The first-order valence-corrected chi connectivity index (χ1v) is 4.41. The molecule has 0 fully saturated rings. The Morgan fingerprint density at radius 3 is 2.58 bits per heavy atom. The van der Waals surface area contributed by atoms with Gasteiger partial charge in [0.15, 0.2) is 0 Å². The Kier molecular flexibility index (Phi) is 7.76. The molecule has 0 aromatic heterocycles. The van der Waals surface area contributed by atoms with Crippen LogP contribution in [0, 0.1) is 6.58 Å². The highest BCUT2D eigenvalue weighted by Crippen LogP contribution is 2.05. The molecular weight excluding hydrogens is 152 g/mol. The summed E-state index contributed by atoms with van der Waals surface area (Å²) in [5, 5.41) is 0. The van der Waals surface area contributed by atoms with Gasteiger partial charge in [-0.3, -0.25) is 4.79 Å². The second-order valence-corrected chi connectivity index (χ2v) is 2.76. The van der Waals surface area contributed by atoms with E-state index in [4.69, 9.17) is 6.58 Å². The highest BCUT2D eigenvalue weighted by molar-refractivity contribution is 5.68. The molecule has 0 amide bonds. The van der Waals surface area contributed by atoms with Crippen LogP contribution in [0.15, 0.2) is 6.08 Å². The normalized spacial score (nSPS) is 9.42. The summed E-state index contributed by atoms with van der Waals surface area (Å²) in [5.41, 5.74) is 0. The van der Waals surface area contributed by atoms with Gasteiger partial charge in [0.25, 0.3) is 0 Å². The van der Waals surface area contributed by atoms with Crippen molar-refractivity contribution in [3.8, 4) is 0 Å². The minimum absolute atomic E-state index is 0.111. The van der Waals surface area contributed by atoms with Gasteiger partial charge in [0.1, 0.15) is 0 Å². The molecule has 2 heteroatoms. The number of esters is 1. The fourth-order valence-electron chi connectivity index (χ4n) is 0.987. The molecule has 0 aliphatic carbocycles. The van der Waals surface area contributed by atoms with E-state index in [9.17, 15) is 4.79 Å². The summed E-state index contributed by atoms with van der Waals surface area (Å²) in [5.74, 6) is -0.111. The van der Waals surface area contributed by atoms with Crippen LogP contribution in [0.5, 0.6) is 0 Å². The number of methoxy groups -OCH3 is 1. The van der Waals surface area contributed by atoms with Crippen molar-refractivity contribution >= 4 is 5.97 Å². The molecule has 1 radical (unpaired) electrons. The van der Waals surface area contributed by atoms with Gasteiger partial charge in [0.2, 0.25) is 0 Å². The molecule has 0 rings (SSSR count). The van der Waals surface area contributed by atoms with Crippen LogP contribution in [0.4, 0.5) is 0 Å². The molecule has 0 N–H and O–H groups in total. The summed E-state index contributed by atoms with van der Waals surface area (Å²) in [4.78, 5) is 10.7. The van der Waals surface area contributed by atoms with E-state index in [-0.39, 0.29) is 5.97 Å². The van der Waals surface area contributed by atoms with Crippen LogP contribution in [0.3, 0.4) is 0 Å². The molecule has 0 aromatic carbocycles. The minimum atomic E-state index is -0.111. The Labute approximate surface area is 74.6 Å². The van der Waals surface area contributed by atoms with Crippen molar-refractivity contribution < 1.29 is 9.53 Å². The van der Waals surface area contributed by atoms with E-state index in [2.05, 4.69) is 4.74 Å². The van der Waals surface area contributed by atoms with Gasteiger partial charge in [-0.2, -0.15) is 0 Å². The Bertz CT molecular complexity index is 130. The van der Waals surface area contributed by atoms with E-state index in [0.717, 1.165) is 32.1 Å². The molecule has 0 aromatic rings. The summed E-state index contributed by atoms with van der Waals surface area (Å²) in [7, 11) is 1.42. The number of rotatable bonds is 7. The Hall–Kier alpha value is -0.790. The van der Waals surface area contributed by atoms with Crippen LogP contribution < -0.4 is 0 Å². The SMILES string of the molecule is [CH]=CCCCCCCC(=O)OC. The first-order valence-electron chi connectivity index (χ1n) is 4.41. The fraction of sp³-hybridized carbons (Fsp3) is 0.700. The van der Waals surface area contributed by atoms with Crippen LogP contribution >= 0.6 is 0 Å². The van der Waals surface area contributed by atoms with Gasteiger partial charge < -0.3 is 4.74 Å². The summed E-state index contributed by atoms with van der Waals surface area (Å²) < 4.78 is 4.51. The van der Waals surface area contributed by atoms with Crippen LogP contribution in [0.1, 0.15) is 38.5 Å². The molecule has 0 saturated carbocycles. The van der Waals surface area contributed by atoms with Gasteiger partial charge in [-0.05, 0) is 19.3 Å². The van der Waals surface area contributed by atoms with Gasteiger partial charge >= 0.3 is 5.97 Å². The maximum atomic E-state index is 10.7. The third-order valence-electron chi connectivity index (χ3n) is 1.73. The average Bonchev–Trinajstić information content (AvgIpc) is 2.10. The third-order valence-corrected chi connectivity index (χ3v) is 1.73. The fourth-order valence-corrected chi connectivity index (χ4v) is 0.987. The Morgan fingerprint density at radius 2 is 2.00 bits per heavy atom. The largest absolute Gasteiger partial charge is 0.469 e. The molecule has 0 unspecified atom stereocenters. The van der Waals surface area contributed by atoms with Crippen molar-refractivity contribution in [1.29, 1.82) is 0 Å². The lowest BCUT2D eigenvalue weighted by Crippen LogP contribution is -1.98. The van der Waals surface area contributed by atoms with Crippen LogP contribution in [-0.4, -0.2) is 13.1 Å². The topological polar surface area (TPSA) is 26.3 Å². The van der Waals surface area contributed by atoms with Crippen molar-refractivity contribution in [2.75, 3.05) is 7.11 Å². The van der Waals surface area contributed by atoms with Crippen LogP contribution in [0.2, 0.25) is 0 Å². The number of ether oxygens (including phenoxy) is 1. The van der Waals surface area contributed by atoms with Gasteiger partial charge in [-0.15, -0.1) is 0 Å². The predicted octanol–water partition coefficient (Wildman–Crippen LogP) is 2.49. The predicted molar refractivity (Wildman–Crippen MR) is 48.6 cm³/mol. The molecule has 0 atom stereocenters. The van der Waals surface area contributed by atoms with Crippen molar-refractivity contribution in [3.63, 3.8) is 0 Å². The van der Waals surface area contributed by atoms with Crippen molar-refractivity contribution in [3.05, 3.63) is 12.7 Å². The smallest absolute Gasteiger partial charge is 0.305 e. The third kappa shape index (κ3) is 7.32. The van der Waals surface area contributed by atoms with E-state index >= 15 is 0 Å². The Morgan fingerprint density at radius 1 is 1.33 bits per heavy atom. The van der Waals surface area contributed by atoms with E-state index in [1.807, 2.05) is 0 Å². The summed E-state index contributed by atoms with van der Waals surface area (Å²) in [6.07, 6.45) is 7.48. The second kappa shape index (κ2) is 8.31. The minimum Gasteiger partial charge on any atom is -0.469 e. The van der Waals surface area contributed by atoms with Crippen molar-refractivity contribution in [2.24, 2.45) is 0 Å². The molecule has 0 heterocycles. The van der Waals surface area contributed by atoms with Crippen molar-refractivity contribution in [1.82, 2.24) is 0 Å². The van der Waals surface area contributed by atoms with Crippen LogP contribution in [-0.2, 0) is 9.53 Å². The molecule has 2 nitrogen and oxygen atoms in total. The second-order valence-electron chi connectivity index (χ2n) is 2.76. The highest BCUT2D eigenvalue weighted by atomic mass is 16.5. The van der Waals surface area contributed by atoms with Gasteiger partial charge in [0, 0.05) is 6.42 Å². The summed E-state index contributed by atoms with van der Waals surface area (Å²) in [6.45, 7) is 5.21.